The minimum absolute atomic E-state index is 0.136. The molecule has 114 valence electrons. The molecular weight excluding hydrogens is 268 g/mol. The van der Waals surface area contributed by atoms with Gasteiger partial charge in [-0.25, -0.2) is 0 Å². The zero-order valence-corrected chi connectivity index (χ0v) is 13.9. The molecule has 2 nitrogen and oxygen atoms in total. The van der Waals surface area contributed by atoms with Crippen LogP contribution in [0.1, 0.15) is 43.5 Å². The first-order valence-corrected chi connectivity index (χ1v) is 7.66. The van der Waals surface area contributed by atoms with Crippen molar-refractivity contribution < 1.29 is 0 Å². The molecule has 0 aromatic heterocycles. The van der Waals surface area contributed by atoms with Crippen LogP contribution < -0.4 is 0 Å². The maximum atomic E-state index is 9.57. The van der Waals surface area contributed by atoms with Gasteiger partial charge in [-0.1, -0.05) is 75.4 Å². The largest absolute Gasteiger partial charge is 0.283 e. The molecule has 0 radical (unpaired) electrons. The van der Waals surface area contributed by atoms with Gasteiger partial charge < -0.3 is 0 Å². The first-order chi connectivity index (χ1) is 10.4. The highest BCUT2D eigenvalue weighted by Gasteiger charge is 2.18. The SMILES string of the molecule is CN(Cc1ccccc1)C(C#N)c1ccc(C(C)(C)C)cc1. The van der Waals surface area contributed by atoms with Crippen LogP contribution in [0.2, 0.25) is 0 Å². The molecule has 0 N–H and O–H groups in total. The lowest BCUT2D eigenvalue weighted by atomic mass is 9.86. The van der Waals surface area contributed by atoms with Crippen LogP contribution in [0.25, 0.3) is 0 Å². The second-order valence-corrected chi connectivity index (χ2v) is 6.80. The second kappa shape index (κ2) is 6.77. The van der Waals surface area contributed by atoms with Gasteiger partial charge in [0.2, 0.25) is 0 Å². The Labute approximate surface area is 134 Å². The summed E-state index contributed by atoms with van der Waals surface area (Å²) in [6, 6.07) is 20.9. The van der Waals surface area contributed by atoms with Crippen molar-refractivity contribution in [1.29, 1.82) is 5.26 Å². The van der Waals surface area contributed by atoms with Crippen molar-refractivity contribution in [3.63, 3.8) is 0 Å². The predicted octanol–water partition coefficient (Wildman–Crippen LogP) is 4.68. The fourth-order valence-corrected chi connectivity index (χ4v) is 2.56. The van der Waals surface area contributed by atoms with Gasteiger partial charge in [-0.2, -0.15) is 5.26 Å². The van der Waals surface area contributed by atoms with E-state index >= 15 is 0 Å². The fourth-order valence-electron chi connectivity index (χ4n) is 2.56. The van der Waals surface area contributed by atoms with E-state index in [1.807, 2.05) is 25.2 Å². The number of hydrogen-bond acceptors (Lipinski definition) is 2. The highest BCUT2D eigenvalue weighted by Crippen LogP contribution is 2.26. The van der Waals surface area contributed by atoms with Crippen molar-refractivity contribution in [1.82, 2.24) is 4.90 Å². The second-order valence-electron chi connectivity index (χ2n) is 6.80. The molecule has 2 rings (SSSR count). The molecule has 22 heavy (non-hydrogen) atoms. The average Bonchev–Trinajstić information content (AvgIpc) is 2.48. The summed E-state index contributed by atoms with van der Waals surface area (Å²) in [6.07, 6.45) is 0. The molecule has 0 fully saturated rings. The molecule has 1 unspecified atom stereocenters. The normalized spacial score (nSPS) is 12.9. The molecule has 2 aromatic rings. The first kappa shape index (κ1) is 16.3. The van der Waals surface area contributed by atoms with Crippen molar-refractivity contribution in [3.8, 4) is 6.07 Å². The zero-order valence-electron chi connectivity index (χ0n) is 13.9. The van der Waals surface area contributed by atoms with E-state index < -0.39 is 0 Å². The van der Waals surface area contributed by atoms with Crippen molar-refractivity contribution in [2.45, 2.75) is 38.8 Å². The summed E-state index contributed by atoms with van der Waals surface area (Å²) in [5.74, 6) is 0. The lowest BCUT2D eigenvalue weighted by Crippen LogP contribution is -2.23. The van der Waals surface area contributed by atoms with Gasteiger partial charge in [-0.05, 0) is 29.2 Å². The Morgan fingerprint density at radius 2 is 1.59 bits per heavy atom. The summed E-state index contributed by atoms with van der Waals surface area (Å²) < 4.78 is 0. The van der Waals surface area contributed by atoms with E-state index in [-0.39, 0.29) is 11.5 Å². The molecule has 0 amide bonds. The molecule has 0 aliphatic heterocycles. The van der Waals surface area contributed by atoms with E-state index in [2.05, 4.69) is 68.1 Å². The lowest BCUT2D eigenvalue weighted by Gasteiger charge is -2.24. The standard InChI is InChI=1S/C20H24N2/c1-20(2,3)18-12-10-17(11-13-18)19(14-21)22(4)15-16-8-6-5-7-9-16/h5-13,19H,15H2,1-4H3. The third-order valence-electron chi connectivity index (χ3n) is 3.93. The Bertz CT molecular complexity index is 630. The van der Waals surface area contributed by atoms with Gasteiger partial charge in [-0.15, -0.1) is 0 Å². The quantitative estimate of drug-likeness (QED) is 0.818. The van der Waals surface area contributed by atoms with Gasteiger partial charge in [0, 0.05) is 6.54 Å². The molecule has 0 heterocycles. The highest BCUT2D eigenvalue weighted by molar-refractivity contribution is 5.31. The maximum Gasteiger partial charge on any atom is 0.123 e. The number of rotatable bonds is 4. The minimum Gasteiger partial charge on any atom is -0.283 e. The van der Waals surface area contributed by atoms with E-state index in [4.69, 9.17) is 0 Å². The van der Waals surface area contributed by atoms with Crippen LogP contribution in [-0.2, 0) is 12.0 Å². The molecule has 0 spiro atoms. The van der Waals surface area contributed by atoms with E-state index in [0.29, 0.717) is 0 Å². The van der Waals surface area contributed by atoms with E-state index in [1.54, 1.807) is 0 Å². The van der Waals surface area contributed by atoms with Gasteiger partial charge >= 0.3 is 0 Å². The monoisotopic (exact) mass is 292 g/mol. The van der Waals surface area contributed by atoms with Crippen molar-refractivity contribution in [3.05, 3.63) is 71.3 Å². The first-order valence-electron chi connectivity index (χ1n) is 7.66. The molecule has 0 aliphatic carbocycles. The Morgan fingerprint density at radius 1 is 1.00 bits per heavy atom. The molecule has 0 bridgehead atoms. The summed E-state index contributed by atoms with van der Waals surface area (Å²) in [7, 11) is 2.00. The number of nitriles is 1. The molecule has 2 heteroatoms. The molecule has 0 saturated carbocycles. The predicted molar refractivity (Wildman–Crippen MR) is 91.4 cm³/mol. The van der Waals surface area contributed by atoms with Crippen molar-refractivity contribution in [2.24, 2.45) is 0 Å². The van der Waals surface area contributed by atoms with Crippen LogP contribution in [0.5, 0.6) is 0 Å². The third-order valence-corrected chi connectivity index (χ3v) is 3.93. The van der Waals surface area contributed by atoms with Crippen LogP contribution in [-0.4, -0.2) is 11.9 Å². The van der Waals surface area contributed by atoms with Gasteiger partial charge in [0.25, 0.3) is 0 Å². The van der Waals surface area contributed by atoms with Gasteiger partial charge in [0.05, 0.1) is 6.07 Å². The Kier molecular flexibility index (Phi) is 5.00. The summed E-state index contributed by atoms with van der Waals surface area (Å²) >= 11 is 0. The highest BCUT2D eigenvalue weighted by atomic mass is 15.1. The van der Waals surface area contributed by atoms with E-state index in [1.165, 1.54) is 11.1 Å². The zero-order chi connectivity index (χ0) is 16.2. The smallest absolute Gasteiger partial charge is 0.123 e. The Hall–Kier alpha value is -2.11. The Morgan fingerprint density at radius 3 is 2.09 bits per heavy atom. The average molecular weight is 292 g/mol. The number of benzene rings is 2. The third kappa shape index (κ3) is 3.96. The Balaban J connectivity index is 2.16. The van der Waals surface area contributed by atoms with Crippen LogP contribution in [0, 0.1) is 11.3 Å². The van der Waals surface area contributed by atoms with Gasteiger partial charge in [0.15, 0.2) is 0 Å². The number of hydrogen-bond donors (Lipinski definition) is 0. The maximum absolute atomic E-state index is 9.57. The van der Waals surface area contributed by atoms with Crippen molar-refractivity contribution in [2.75, 3.05) is 7.05 Å². The molecule has 1 atom stereocenters. The molecule has 0 saturated heterocycles. The number of nitrogens with zero attached hydrogens (tertiary/aromatic N) is 2. The van der Waals surface area contributed by atoms with Crippen LogP contribution in [0.3, 0.4) is 0 Å². The fraction of sp³-hybridized carbons (Fsp3) is 0.350. The topological polar surface area (TPSA) is 27.0 Å². The summed E-state index contributed by atoms with van der Waals surface area (Å²) in [5, 5.41) is 9.57. The molecule has 0 aliphatic rings. The van der Waals surface area contributed by atoms with Gasteiger partial charge in [0.1, 0.15) is 6.04 Å². The van der Waals surface area contributed by atoms with Crippen molar-refractivity contribution >= 4 is 0 Å². The van der Waals surface area contributed by atoms with E-state index in [0.717, 1.165) is 12.1 Å². The summed E-state index contributed by atoms with van der Waals surface area (Å²) in [4.78, 5) is 2.08. The van der Waals surface area contributed by atoms with Crippen LogP contribution in [0.4, 0.5) is 0 Å². The minimum atomic E-state index is -0.228. The summed E-state index contributed by atoms with van der Waals surface area (Å²) in [6.45, 7) is 7.36. The molecular formula is C20H24N2. The molecule has 2 aromatic carbocycles. The van der Waals surface area contributed by atoms with Gasteiger partial charge in [-0.3, -0.25) is 4.90 Å². The van der Waals surface area contributed by atoms with E-state index in [9.17, 15) is 5.26 Å². The summed E-state index contributed by atoms with van der Waals surface area (Å²) in [5.41, 5.74) is 3.69. The van der Waals surface area contributed by atoms with Crippen LogP contribution >= 0.6 is 0 Å². The lowest BCUT2D eigenvalue weighted by molar-refractivity contribution is 0.283. The van der Waals surface area contributed by atoms with Crippen LogP contribution in [0.15, 0.2) is 54.6 Å².